The fraction of sp³-hybridized carbons (Fsp3) is 0.375. The van der Waals surface area contributed by atoms with Crippen molar-refractivity contribution in [2.45, 2.75) is 12.0 Å². The maximum atomic E-state index is 11.8. The third kappa shape index (κ3) is 6.28. The second-order valence-electron chi connectivity index (χ2n) is 5.78. The van der Waals surface area contributed by atoms with Gasteiger partial charge >= 0.3 is 29.8 Å². The Morgan fingerprint density at radius 2 is 1.36 bits per heavy atom. The van der Waals surface area contributed by atoms with Crippen LogP contribution >= 0.6 is 0 Å². The Kier molecular flexibility index (Phi) is 8.00. The normalized spacial score (nSPS) is 12.7. The summed E-state index contributed by atoms with van der Waals surface area (Å²) in [5, 5.41) is 56.3. The topological polar surface area (TPSA) is 196 Å². The number of benzene rings is 1. The van der Waals surface area contributed by atoms with Gasteiger partial charge < -0.3 is 30.6 Å². The second kappa shape index (κ2) is 9.75. The number of hydrogen-bond donors (Lipinski definition) is 6. The SMILES string of the molecule is O=C(O)CN(CCN(C(C(=O)O)c1ccccc1)C(O)(O)C(=O)O)CC(=O)O. The summed E-state index contributed by atoms with van der Waals surface area (Å²) in [7, 11) is 0. The van der Waals surface area contributed by atoms with E-state index in [1.165, 1.54) is 24.3 Å². The Labute approximate surface area is 158 Å². The van der Waals surface area contributed by atoms with Gasteiger partial charge in [-0.15, -0.1) is 0 Å². The molecule has 1 rings (SSSR count). The van der Waals surface area contributed by atoms with Crippen molar-refractivity contribution >= 4 is 23.9 Å². The van der Waals surface area contributed by atoms with Crippen LogP contribution in [0.25, 0.3) is 0 Å². The quantitative estimate of drug-likeness (QED) is 0.218. The Balaban J connectivity index is 3.24. The van der Waals surface area contributed by atoms with E-state index in [1.807, 2.05) is 0 Å². The zero-order valence-corrected chi connectivity index (χ0v) is 14.5. The van der Waals surface area contributed by atoms with E-state index in [4.69, 9.17) is 15.3 Å². The average Bonchev–Trinajstić information content (AvgIpc) is 2.57. The van der Waals surface area contributed by atoms with Gasteiger partial charge in [-0.1, -0.05) is 30.3 Å². The van der Waals surface area contributed by atoms with Crippen LogP contribution in [-0.2, 0) is 19.2 Å². The summed E-state index contributed by atoms with van der Waals surface area (Å²) >= 11 is 0. The zero-order chi connectivity index (χ0) is 21.5. The number of carboxylic acids is 4. The van der Waals surface area contributed by atoms with E-state index >= 15 is 0 Å². The minimum Gasteiger partial charge on any atom is -0.480 e. The zero-order valence-electron chi connectivity index (χ0n) is 14.5. The van der Waals surface area contributed by atoms with E-state index < -0.39 is 62.0 Å². The standard InChI is InChI=1S/C16H20N2O10/c19-11(20)8-17(9-12(21)22)6-7-18(16(27,28)15(25)26)13(14(23)24)10-4-2-1-3-5-10/h1-5,13,27-28H,6-9H2,(H,19,20)(H,21,22)(H,23,24)(H,25,26). The Hall–Kier alpha value is -3.06. The van der Waals surface area contributed by atoms with Gasteiger partial charge in [0.25, 0.3) is 0 Å². The maximum Gasteiger partial charge on any atom is 0.381 e. The van der Waals surface area contributed by atoms with Crippen molar-refractivity contribution in [1.29, 1.82) is 0 Å². The van der Waals surface area contributed by atoms with Gasteiger partial charge in [-0.25, -0.2) is 9.69 Å². The van der Waals surface area contributed by atoms with E-state index in [1.54, 1.807) is 6.07 Å². The molecule has 0 bridgehead atoms. The Bertz CT molecular complexity index is 705. The van der Waals surface area contributed by atoms with E-state index in [-0.39, 0.29) is 5.56 Å². The minimum atomic E-state index is -3.61. The molecule has 0 saturated carbocycles. The van der Waals surface area contributed by atoms with Gasteiger partial charge in [0.05, 0.1) is 13.1 Å². The molecule has 0 aromatic heterocycles. The van der Waals surface area contributed by atoms with Crippen molar-refractivity contribution in [3.63, 3.8) is 0 Å². The lowest BCUT2D eigenvalue weighted by molar-refractivity contribution is -0.273. The summed E-state index contributed by atoms with van der Waals surface area (Å²) in [4.78, 5) is 46.0. The van der Waals surface area contributed by atoms with Crippen LogP contribution in [0.1, 0.15) is 11.6 Å². The molecule has 0 heterocycles. The highest BCUT2D eigenvalue weighted by Gasteiger charge is 2.47. The number of nitrogens with zero attached hydrogens (tertiary/aromatic N) is 2. The minimum absolute atomic E-state index is 0.0340. The van der Waals surface area contributed by atoms with Gasteiger partial charge in [0.1, 0.15) is 6.04 Å². The van der Waals surface area contributed by atoms with Crippen molar-refractivity contribution in [3.8, 4) is 0 Å². The predicted octanol–water partition coefficient (Wildman–Crippen LogP) is -1.69. The fourth-order valence-electron chi connectivity index (χ4n) is 2.52. The van der Waals surface area contributed by atoms with Gasteiger partial charge in [0, 0.05) is 13.1 Å². The van der Waals surface area contributed by atoms with Crippen LogP contribution in [0.4, 0.5) is 0 Å². The highest BCUT2D eigenvalue weighted by molar-refractivity contribution is 5.79. The first-order valence-corrected chi connectivity index (χ1v) is 7.85. The van der Waals surface area contributed by atoms with Crippen LogP contribution in [0.5, 0.6) is 0 Å². The molecule has 1 atom stereocenters. The molecule has 0 amide bonds. The molecule has 6 N–H and O–H groups in total. The largest absolute Gasteiger partial charge is 0.480 e. The molecule has 1 aromatic carbocycles. The van der Waals surface area contributed by atoms with E-state index in [0.717, 1.165) is 4.90 Å². The molecular weight excluding hydrogens is 380 g/mol. The summed E-state index contributed by atoms with van der Waals surface area (Å²) in [6.07, 6.45) is 0. The molecule has 28 heavy (non-hydrogen) atoms. The summed E-state index contributed by atoms with van der Waals surface area (Å²) in [5.74, 6) is -10.1. The summed E-state index contributed by atoms with van der Waals surface area (Å²) in [6.45, 7) is -2.61. The molecule has 0 spiro atoms. The van der Waals surface area contributed by atoms with Crippen LogP contribution in [-0.4, -0.2) is 96.4 Å². The molecule has 1 unspecified atom stereocenters. The summed E-state index contributed by atoms with van der Waals surface area (Å²) in [5.41, 5.74) is 0.0340. The first-order chi connectivity index (χ1) is 13.0. The predicted molar refractivity (Wildman–Crippen MR) is 90.0 cm³/mol. The molecular formula is C16H20N2O10. The van der Waals surface area contributed by atoms with Crippen LogP contribution < -0.4 is 0 Å². The monoisotopic (exact) mass is 400 g/mol. The van der Waals surface area contributed by atoms with E-state index in [2.05, 4.69) is 0 Å². The number of hydrogen-bond acceptors (Lipinski definition) is 8. The molecule has 0 aliphatic carbocycles. The lowest BCUT2D eigenvalue weighted by Crippen LogP contribution is -2.59. The van der Waals surface area contributed by atoms with Crippen molar-refractivity contribution in [2.75, 3.05) is 26.2 Å². The molecule has 12 heteroatoms. The van der Waals surface area contributed by atoms with Gasteiger partial charge in [0.2, 0.25) is 0 Å². The van der Waals surface area contributed by atoms with Crippen LogP contribution in [0.3, 0.4) is 0 Å². The van der Waals surface area contributed by atoms with Crippen molar-refractivity contribution in [3.05, 3.63) is 35.9 Å². The number of aliphatic carboxylic acids is 4. The molecule has 0 radical (unpaired) electrons. The summed E-state index contributed by atoms with van der Waals surface area (Å²) in [6, 6.07) is 5.33. The lowest BCUT2D eigenvalue weighted by Gasteiger charge is -2.37. The number of carbonyl (C=O) groups is 4. The molecule has 0 saturated heterocycles. The smallest absolute Gasteiger partial charge is 0.381 e. The lowest BCUT2D eigenvalue weighted by atomic mass is 10.0. The fourth-order valence-corrected chi connectivity index (χ4v) is 2.52. The molecule has 0 aliphatic heterocycles. The van der Waals surface area contributed by atoms with Crippen molar-refractivity contribution < 1.29 is 49.8 Å². The first kappa shape index (κ1) is 23.0. The van der Waals surface area contributed by atoms with Crippen molar-refractivity contribution in [2.24, 2.45) is 0 Å². The number of rotatable bonds is 12. The molecule has 12 nitrogen and oxygen atoms in total. The maximum absolute atomic E-state index is 11.8. The molecule has 0 fully saturated rings. The van der Waals surface area contributed by atoms with Crippen LogP contribution in [0, 0.1) is 0 Å². The Morgan fingerprint density at radius 3 is 1.75 bits per heavy atom. The average molecular weight is 400 g/mol. The third-order valence-corrected chi connectivity index (χ3v) is 3.72. The first-order valence-electron chi connectivity index (χ1n) is 7.85. The summed E-state index contributed by atoms with van der Waals surface area (Å²) < 4.78 is 0. The number of carboxylic acid groups (broad SMARTS) is 4. The second-order valence-corrected chi connectivity index (χ2v) is 5.78. The Morgan fingerprint density at radius 1 is 0.857 bits per heavy atom. The van der Waals surface area contributed by atoms with E-state index in [0.29, 0.717) is 4.90 Å². The van der Waals surface area contributed by atoms with Crippen LogP contribution in [0.15, 0.2) is 30.3 Å². The van der Waals surface area contributed by atoms with Crippen molar-refractivity contribution in [1.82, 2.24) is 9.80 Å². The highest BCUT2D eigenvalue weighted by Crippen LogP contribution is 2.26. The van der Waals surface area contributed by atoms with E-state index in [9.17, 15) is 34.5 Å². The molecule has 154 valence electrons. The highest BCUT2D eigenvalue weighted by atomic mass is 16.6. The van der Waals surface area contributed by atoms with Gasteiger partial charge in [-0.3, -0.25) is 19.3 Å². The van der Waals surface area contributed by atoms with Gasteiger partial charge in [-0.2, -0.15) is 0 Å². The molecule has 1 aromatic rings. The third-order valence-electron chi connectivity index (χ3n) is 3.72. The van der Waals surface area contributed by atoms with Gasteiger partial charge in [-0.05, 0) is 5.56 Å². The van der Waals surface area contributed by atoms with Crippen LogP contribution in [0.2, 0.25) is 0 Å². The van der Waals surface area contributed by atoms with Gasteiger partial charge in [0.15, 0.2) is 0 Å². The molecule has 0 aliphatic rings. The number of aliphatic hydroxyl groups is 2.